The molecule has 1 fully saturated rings. The van der Waals surface area contributed by atoms with Gasteiger partial charge in [0.2, 0.25) is 0 Å². The van der Waals surface area contributed by atoms with E-state index < -0.39 is 5.97 Å². The number of phenolic OH excluding ortho intramolecular Hbond substituents is 1. The highest BCUT2D eigenvalue weighted by molar-refractivity contribution is 5.95. The SMILES string of the molecule is CC(C)[C@@H]1CC[C@@H](C)C[C@H]1OC(=O)c1c(O)ccc2c1[C@H]1CC=C[C@H]1O2. The minimum absolute atomic E-state index is 0.00476. The van der Waals surface area contributed by atoms with Crippen LogP contribution in [0.25, 0.3) is 0 Å². The van der Waals surface area contributed by atoms with Crippen LogP contribution in [0.15, 0.2) is 24.3 Å². The molecular formula is C22H28O4. The number of esters is 1. The predicted molar refractivity (Wildman–Crippen MR) is 99.6 cm³/mol. The van der Waals surface area contributed by atoms with Gasteiger partial charge < -0.3 is 14.6 Å². The molecular weight excluding hydrogens is 328 g/mol. The second-order valence-electron chi connectivity index (χ2n) is 8.49. The molecule has 3 aliphatic rings. The number of fused-ring (bicyclic) bond motifs is 3. The molecule has 4 nitrogen and oxygen atoms in total. The van der Waals surface area contributed by atoms with Crippen LogP contribution in [0.1, 0.15) is 68.3 Å². The summed E-state index contributed by atoms with van der Waals surface area (Å²) in [6.45, 7) is 6.61. The molecule has 1 saturated carbocycles. The van der Waals surface area contributed by atoms with E-state index in [1.807, 2.05) is 6.08 Å². The number of carbonyl (C=O) groups is 1. The molecule has 0 amide bonds. The van der Waals surface area contributed by atoms with Gasteiger partial charge in [0.25, 0.3) is 0 Å². The van der Waals surface area contributed by atoms with E-state index in [9.17, 15) is 9.90 Å². The number of carbonyl (C=O) groups excluding carboxylic acids is 1. The number of hydrogen-bond acceptors (Lipinski definition) is 4. The number of ether oxygens (including phenoxy) is 2. The van der Waals surface area contributed by atoms with Crippen molar-refractivity contribution in [1.82, 2.24) is 0 Å². The Labute approximate surface area is 155 Å². The number of rotatable bonds is 3. The summed E-state index contributed by atoms with van der Waals surface area (Å²) in [6.07, 6.45) is 8.01. The largest absolute Gasteiger partial charge is 0.507 e. The number of phenols is 1. The van der Waals surface area contributed by atoms with Crippen molar-refractivity contribution in [2.24, 2.45) is 17.8 Å². The average Bonchev–Trinajstić information content (AvgIpc) is 3.15. The van der Waals surface area contributed by atoms with E-state index in [-0.39, 0.29) is 23.9 Å². The molecule has 0 aromatic heterocycles. The first kappa shape index (κ1) is 17.4. The molecule has 1 heterocycles. The lowest BCUT2D eigenvalue weighted by atomic mass is 9.75. The maximum atomic E-state index is 13.1. The lowest BCUT2D eigenvalue weighted by molar-refractivity contribution is -0.0177. The zero-order valence-corrected chi connectivity index (χ0v) is 15.8. The average molecular weight is 356 g/mol. The topological polar surface area (TPSA) is 55.8 Å². The molecule has 1 aliphatic heterocycles. The normalized spacial score (nSPS) is 32.2. The van der Waals surface area contributed by atoms with Gasteiger partial charge in [-0.05, 0) is 55.2 Å². The third-order valence-electron chi connectivity index (χ3n) is 6.35. The van der Waals surface area contributed by atoms with Crippen LogP contribution in [0.2, 0.25) is 0 Å². The first-order valence-corrected chi connectivity index (χ1v) is 9.85. The first-order valence-electron chi connectivity index (χ1n) is 9.85. The standard InChI is InChI=1S/C22H28O4/c1-12(2)14-8-7-13(3)11-19(14)26-22(24)21-16(23)9-10-18-20(21)15-5-4-6-17(15)25-18/h4,6,9-10,12-15,17,19,23H,5,7-8,11H2,1-3H3/t13-,14+,15+,17-,19-/m1/s1. The lowest BCUT2D eigenvalue weighted by Gasteiger charge is -2.36. The summed E-state index contributed by atoms with van der Waals surface area (Å²) in [5.41, 5.74) is 1.12. The lowest BCUT2D eigenvalue weighted by Crippen LogP contribution is -2.36. The molecule has 1 aromatic carbocycles. The van der Waals surface area contributed by atoms with E-state index in [1.54, 1.807) is 12.1 Å². The summed E-state index contributed by atoms with van der Waals surface area (Å²) in [7, 11) is 0. The molecule has 140 valence electrons. The summed E-state index contributed by atoms with van der Waals surface area (Å²) >= 11 is 0. The Hall–Kier alpha value is -1.97. The van der Waals surface area contributed by atoms with Gasteiger partial charge in [-0.1, -0.05) is 33.3 Å². The van der Waals surface area contributed by atoms with Crippen LogP contribution < -0.4 is 4.74 Å². The summed E-state index contributed by atoms with van der Waals surface area (Å²) in [6, 6.07) is 3.30. The Balaban J connectivity index is 1.62. The first-order chi connectivity index (χ1) is 12.5. The molecule has 2 aliphatic carbocycles. The van der Waals surface area contributed by atoms with E-state index in [0.717, 1.165) is 24.8 Å². The number of benzene rings is 1. The second-order valence-corrected chi connectivity index (χ2v) is 8.49. The molecule has 26 heavy (non-hydrogen) atoms. The fraction of sp³-hybridized carbons (Fsp3) is 0.591. The van der Waals surface area contributed by atoms with Gasteiger partial charge in [-0.2, -0.15) is 0 Å². The Kier molecular flexibility index (Phi) is 4.45. The predicted octanol–water partition coefficient (Wildman–Crippen LogP) is 4.81. The second kappa shape index (κ2) is 6.64. The fourth-order valence-electron chi connectivity index (χ4n) is 4.90. The van der Waals surface area contributed by atoms with Crippen LogP contribution in [-0.4, -0.2) is 23.3 Å². The van der Waals surface area contributed by atoms with Gasteiger partial charge in [-0.25, -0.2) is 4.79 Å². The monoisotopic (exact) mass is 356 g/mol. The minimum Gasteiger partial charge on any atom is -0.507 e. The molecule has 0 unspecified atom stereocenters. The van der Waals surface area contributed by atoms with Crippen molar-refractivity contribution < 1.29 is 19.4 Å². The van der Waals surface area contributed by atoms with Gasteiger partial charge in [-0.3, -0.25) is 0 Å². The third kappa shape index (κ3) is 2.89. The smallest absolute Gasteiger partial charge is 0.342 e. The van der Waals surface area contributed by atoms with Gasteiger partial charge in [0.1, 0.15) is 29.3 Å². The molecule has 0 spiro atoms. The van der Waals surface area contributed by atoms with Crippen LogP contribution in [0.3, 0.4) is 0 Å². The van der Waals surface area contributed by atoms with Crippen LogP contribution >= 0.6 is 0 Å². The summed E-state index contributed by atoms with van der Waals surface area (Å²) in [5, 5.41) is 10.4. The molecule has 1 N–H and O–H groups in total. The molecule has 1 aromatic rings. The van der Waals surface area contributed by atoms with Crippen molar-refractivity contribution >= 4 is 5.97 Å². The van der Waals surface area contributed by atoms with Crippen molar-refractivity contribution in [2.45, 2.75) is 64.6 Å². The number of aromatic hydroxyl groups is 1. The Morgan fingerprint density at radius 1 is 1.31 bits per heavy atom. The molecule has 0 saturated heterocycles. The van der Waals surface area contributed by atoms with Crippen molar-refractivity contribution in [2.75, 3.05) is 0 Å². The highest BCUT2D eigenvalue weighted by Gasteiger charge is 2.41. The number of hydrogen-bond donors (Lipinski definition) is 1. The molecule has 4 heteroatoms. The van der Waals surface area contributed by atoms with Gasteiger partial charge in [0.15, 0.2) is 0 Å². The van der Waals surface area contributed by atoms with Crippen molar-refractivity contribution in [3.05, 3.63) is 35.4 Å². The van der Waals surface area contributed by atoms with Gasteiger partial charge in [-0.15, -0.1) is 0 Å². The van der Waals surface area contributed by atoms with Crippen LogP contribution in [-0.2, 0) is 4.74 Å². The fourth-order valence-corrected chi connectivity index (χ4v) is 4.90. The highest BCUT2D eigenvalue weighted by Crippen LogP contribution is 2.48. The van der Waals surface area contributed by atoms with Crippen LogP contribution in [0, 0.1) is 17.8 Å². The Morgan fingerprint density at radius 3 is 2.88 bits per heavy atom. The summed E-state index contributed by atoms with van der Waals surface area (Å²) in [5.74, 6) is 1.81. The maximum Gasteiger partial charge on any atom is 0.342 e. The van der Waals surface area contributed by atoms with Crippen LogP contribution in [0.5, 0.6) is 11.5 Å². The van der Waals surface area contributed by atoms with Gasteiger partial charge in [0, 0.05) is 11.5 Å². The molecule has 0 bridgehead atoms. The van der Waals surface area contributed by atoms with Crippen molar-refractivity contribution in [1.29, 1.82) is 0 Å². The molecule has 5 atom stereocenters. The minimum atomic E-state index is -0.403. The quantitative estimate of drug-likeness (QED) is 0.623. The molecule has 0 radical (unpaired) electrons. The summed E-state index contributed by atoms with van der Waals surface area (Å²) in [4.78, 5) is 13.1. The van der Waals surface area contributed by atoms with Crippen molar-refractivity contribution in [3.63, 3.8) is 0 Å². The third-order valence-corrected chi connectivity index (χ3v) is 6.35. The number of allylic oxidation sites excluding steroid dienone is 1. The van der Waals surface area contributed by atoms with E-state index in [1.165, 1.54) is 6.42 Å². The van der Waals surface area contributed by atoms with Gasteiger partial charge >= 0.3 is 5.97 Å². The van der Waals surface area contributed by atoms with Gasteiger partial charge in [0.05, 0.1) is 0 Å². The van der Waals surface area contributed by atoms with E-state index in [2.05, 4.69) is 26.8 Å². The summed E-state index contributed by atoms with van der Waals surface area (Å²) < 4.78 is 11.9. The zero-order chi connectivity index (χ0) is 18.4. The van der Waals surface area contributed by atoms with Crippen molar-refractivity contribution in [3.8, 4) is 11.5 Å². The molecule has 4 rings (SSSR count). The van der Waals surface area contributed by atoms with E-state index in [0.29, 0.717) is 29.1 Å². The van der Waals surface area contributed by atoms with Crippen LogP contribution in [0.4, 0.5) is 0 Å². The Morgan fingerprint density at radius 2 is 2.12 bits per heavy atom. The Bertz CT molecular complexity index is 736. The van der Waals surface area contributed by atoms with E-state index >= 15 is 0 Å². The van der Waals surface area contributed by atoms with E-state index in [4.69, 9.17) is 9.47 Å². The highest BCUT2D eigenvalue weighted by atomic mass is 16.5. The maximum absolute atomic E-state index is 13.1. The zero-order valence-electron chi connectivity index (χ0n) is 15.8.